The Balaban J connectivity index is 1.48. The summed E-state index contributed by atoms with van der Waals surface area (Å²) in [7, 11) is 0. The average molecular weight is 486 g/mol. The van der Waals surface area contributed by atoms with Crippen LogP contribution in [0.3, 0.4) is 0 Å². The number of aromatic nitrogens is 1. The lowest BCUT2D eigenvalue weighted by atomic mass is 9.95. The molecule has 0 saturated heterocycles. The van der Waals surface area contributed by atoms with E-state index in [2.05, 4.69) is 36.0 Å². The molecule has 2 aromatic heterocycles. The van der Waals surface area contributed by atoms with Crippen molar-refractivity contribution >= 4 is 23.1 Å². The van der Waals surface area contributed by atoms with E-state index in [0.717, 1.165) is 35.3 Å². The molecule has 0 unspecified atom stereocenters. The number of fused-ring (bicyclic) bond motifs is 5. The standard InChI is InChI=1S/C29H28FN3OS/c1-18-9-14-22(16-19(18)2)31-29(34)33-17-24-23-6-3-4-8-26(23)35-28(24)32-15-5-7-25(32)27(33)20-10-12-21(30)13-11-20/h5,7,9-16,27H,3-4,6,8,17H2,1-2H3,(H,31,34)/t27-/m1/s1. The first-order valence-electron chi connectivity index (χ1n) is 12.2. The number of amides is 2. The maximum Gasteiger partial charge on any atom is 0.322 e. The molecule has 1 aliphatic carbocycles. The molecule has 3 heterocycles. The fraction of sp³-hybridized carbons (Fsp3) is 0.276. The minimum Gasteiger partial charge on any atom is -0.310 e. The van der Waals surface area contributed by atoms with Crippen LogP contribution in [0.2, 0.25) is 0 Å². The fourth-order valence-corrected chi connectivity index (χ4v) is 6.80. The van der Waals surface area contributed by atoms with Crippen molar-refractivity contribution in [1.82, 2.24) is 9.47 Å². The van der Waals surface area contributed by atoms with Crippen LogP contribution >= 0.6 is 11.3 Å². The molecule has 6 heteroatoms. The number of carbonyl (C=O) groups is 1. The van der Waals surface area contributed by atoms with Crippen LogP contribution in [-0.2, 0) is 19.4 Å². The second-order valence-electron chi connectivity index (χ2n) is 9.61. The summed E-state index contributed by atoms with van der Waals surface area (Å²) in [5.41, 5.74) is 7.69. The molecule has 2 aliphatic rings. The third-order valence-corrected chi connectivity index (χ3v) is 8.72. The van der Waals surface area contributed by atoms with Crippen molar-refractivity contribution in [3.05, 3.63) is 105 Å². The van der Waals surface area contributed by atoms with Crippen LogP contribution < -0.4 is 5.32 Å². The normalized spacial score (nSPS) is 16.8. The van der Waals surface area contributed by atoms with Gasteiger partial charge in [-0.2, -0.15) is 0 Å². The van der Waals surface area contributed by atoms with Crippen LogP contribution in [0.15, 0.2) is 60.8 Å². The fourth-order valence-electron chi connectivity index (χ4n) is 5.40. The van der Waals surface area contributed by atoms with Crippen LogP contribution in [0, 0.1) is 19.7 Å². The van der Waals surface area contributed by atoms with Crippen LogP contribution in [0.1, 0.15) is 57.3 Å². The molecule has 4 nitrogen and oxygen atoms in total. The van der Waals surface area contributed by atoms with Gasteiger partial charge in [0.2, 0.25) is 0 Å². The summed E-state index contributed by atoms with van der Waals surface area (Å²) in [6.45, 7) is 4.63. The molecule has 2 aromatic carbocycles. The van der Waals surface area contributed by atoms with Crippen molar-refractivity contribution < 1.29 is 9.18 Å². The molecule has 178 valence electrons. The van der Waals surface area contributed by atoms with Gasteiger partial charge in [0.25, 0.3) is 0 Å². The summed E-state index contributed by atoms with van der Waals surface area (Å²) < 4.78 is 16.1. The van der Waals surface area contributed by atoms with Gasteiger partial charge in [-0.05, 0) is 98.2 Å². The van der Waals surface area contributed by atoms with Gasteiger partial charge >= 0.3 is 6.03 Å². The Morgan fingerprint density at radius 1 is 1.00 bits per heavy atom. The second kappa shape index (κ2) is 8.68. The number of benzene rings is 2. The van der Waals surface area contributed by atoms with E-state index in [9.17, 15) is 9.18 Å². The number of nitrogens with one attached hydrogen (secondary N) is 1. The van der Waals surface area contributed by atoms with Crippen molar-refractivity contribution in [3.63, 3.8) is 0 Å². The Morgan fingerprint density at radius 3 is 2.60 bits per heavy atom. The third kappa shape index (κ3) is 3.86. The SMILES string of the molecule is Cc1ccc(NC(=O)N2Cc3c(sc4c3CCCC4)-n3cccc3[C@H]2c2ccc(F)cc2)cc1C. The third-order valence-electron chi connectivity index (χ3n) is 7.38. The van der Waals surface area contributed by atoms with E-state index in [1.807, 2.05) is 40.5 Å². The van der Waals surface area contributed by atoms with E-state index in [-0.39, 0.29) is 17.9 Å². The van der Waals surface area contributed by atoms with Gasteiger partial charge in [0.1, 0.15) is 10.8 Å². The van der Waals surface area contributed by atoms with E-state index in [4.69, 9.17) is 0 Å². The highest BCUT2D eigenvalue weighted by Gasteiger charge is 2.36. The Hall–Kier alpha value is -3.38. The maximum absolute atomic E-state index is 13.9. The lowest BCUT2D eigenvalue weighted by Crippen LogP contribution is -2.38. The van der Waals surface area contributed by atoms with Gasteiger partial charge in [-0.25, -0.2) is 9.18 Å². The van der Waals surface area contributed by atoms with Gasteiger partial charge in [-0.15, -0.1) is 11.3 Å². The van der Waals surface area contributed by atoms with E-state index in [1.54, 1.807) is 12.1 Å². The summed E-state index contributed by atoms with van der Waals surface area (Å²) in [6, 6.07) is 16.2. The molecule has 4 aromatic rings. The second-order valence-corrected chi connectivity index (χ2v) is 10.7. The predicted octanol–water partition coefficient (Wildman–Crippen LogP) is 7.31. The van der Waals surface area contributed by atoms with Crippen molar-refractivity contribution in [2.75, 3.05) is 5.32 Å². The highest BCUT2D eigenvalue weighted by Crippen LogP contribution is 2.44. The first-order valence-corrected chi connectivity index (χ1v) is 13.0. The number of hydrogen-bond donors (Lipinski definition) is 1. The summed E-state index contributed by atoms with van der Waals surface area (Å²) in [4.78, 5) is 17.3. The number of thiophene rings is 1. The number of urea groups is 1. The molecule has 1 atom stereocenters. The Bertz CT molecular complexity index is 1420. The van der Waals surface area contributed by atoms with Crippen molar-refractivity contribution in [3.8, 4) is 5.00 Å². The highest BCUT2D eigenvalue weighted by atomic mass is 32.1. The van der Waals surface area contributed by atoms with E-state index in [1.165, 1.54) is 51.5 Å². The van der Waals surface area contributed by atoms with Crippen LogP contribution in [0.5, 0.6) is 0 Å². The van der Waals surface area contributed by atoms with Gasteiger partial charge in [-0.1, -0.05) is 18.2 Å². The van der Waals surface area contributed by atoms with Gasteiger partial charge < -0.3 is 14.8 Å². The van der Waals surface area contributed by atoms with Crippen molar-refractivity contribution in [1.29, 1.82) is 0 Å². The lowest BCUT2D eigenvalue weighted by Gasteiger charge is -2.31. The predicted molar refractivity (Wildman–Crippen MR) is 139 cm³/mol. The number of carbonyl (C=O) groups excluding carboxylic acids is 1. The molecule has 0 saturated carbocycles. The minimum absolute atomic E-state index is 0.154. The molecule has 1 aliphatic heterocycles. The number of halogens is 1. The number of rotatable bonds is 2. The minimum atomic E-state index is -0.337. The Labute approximate surface area is 209 Å². The van der Waals surface area contributed by atoms with Gasteiger partial charge in [0, 0.05) is 22.3 Å². The number of aryl methyl sites for hydroxylation is 3. The summed E-state index contributed by atoms with van der Waals surface area (Å²) in [5.74, 6) is -0.280. The Kier molecular flexibility index (Phi) is 5.49. The zero-order valence-electron chi connectivity index (χ0n) is 20.0. The zero-order valence-corrected chi connectivity index (χ0v) is 20.8. The lowest BCUT2D eigenvalue weighted by molar-refractivity contribution is 0.194. The van der Waals surface area contributed by atoms with Crippen molar-refractivity contribution in [2.24, 2.45) is 0 Å². The van der Waals surface area contributed by atoms with Crippen LogP contribution in [0.25, 0.3) is 5.00 Å². The molecule has 0 bridgehead atoms. The summed E-state index contributed by atoms with van der Waals surface area (Å²) in [5, 5.41) is 4.37. The molecule has 35 heavy (non-hydrogen) atoms. The largest absolute Gasteiger partial charge is 0.322 e. The molecule has 2 amide bonds. The molecule has 0 fully saturated rings. The molecule has 6 rings (SSSR count). The quantitative estimate of drug-likeness (QED) is 0.318. The van der Waals surface area contributed by atoms with E-state index >= 15 is 0 Å². The number of hydrogen-bond acceptors (Lipinski definition) is 2. The monoisotopic (exact) mass is 485 g/mol. The Morgan fingerprint density at radius 2 is 1.80 bits per heavy atom. The van der Waals surface area contributed by atoms with Gasteiger partial charge in [-0.3, -0.25) is 0 Å². The first-order chi connectivity index (χ1) is 17.0. The number of anilines is 1. The average Bonchev–Trinajstić information content (AvgIpc) is 3.44. The number of nitrogens with zero attached hydrogens (tertiary/aromatic N) is 2. The van der Waals surface area contributed by atoms with Crippen LogP contribution in [0.4, 0.5) is 14.9 Å². The molecule has 0 spiro atoms. The molecular weight excluding hydrogens is 457 g/mol. The summed E-state index contributed by atoms with van der Waals surface area (Å²) >= 11 is 1.86. The van der Waals surface area contributed by atoms with E-state index in [0.29, 0.717) is 6.54 Å². The van der Waals surface area contributed by atoms with Gasteiger partial charge in [0.05, 0.1) is 18.3 Å². The van der Waals surface area contributed by atoms with Crippen molar-refractivity contribution in [2.45, 2.75) is 52.1 Å². The van der Waals surface area contributed by atoms with E-state index < -0.39 is 0 Å². The summed E-state index contributed by atoms with van der Waals surface area (Å²) in [6.07, 6.45) is 6.67. The smallest absolute Gasteiger partial charge is 0.310 e. The topological polar surface area (TPSA) is 37.3 Å². The first kappa shape index (κ1) is 22.1. The maximum atomic E-state index is 13.9. The highest BCUT2D eigenvalue weighted by molar-refractivity contribution is 7.15. The zero-order chi connectivity index (χ0) is 24.1. The molecular formula is C29H28FN3OS. The molecule has 1 N–H and O–H groups in total. The van der Waals surface area contributed by atoms with Crippen LogP contribution in [-0.4, -0.2) is 15.5 Å². The van der Waals surface area contributed by atoms with Gasteiger partial charge in [0.15, 0.2) is 0 Å². The molecule has 0 radical (unpaired) electrons.